The number of phenols is 1. The summed E-state index contributed by atoms with van der Waals surface area (Å²) in [5.74, 6) is -0.285. The van der Waals surface area contributed by atoms with Crippen molar-refractivity contribution in [2.75, 3.05) is 5.32 Å². The van der Waals surface area contributed by atoms with E-state index >= 15 is 0 Å². The van der Waals surface area contributed by atoms with Crippen molar-refractivity contribution in [2.24, 2.45) is 0 Å². The van der Waals surface area contributed by atoms with Gasteiger partial charge in [0, 0.05) is 5.69 Å². The molecule has 2 N–H and O–H groups in total. The van der Waals surface area contributed by atoms with Gasteiger partial charge in [0.1, 0.15) is 23.9 Å². The maximum Gasteiger partial charge on any atom is 0.163 e. The lowest BCUT2D eigenvalue weighted by atomic mass is 10.2. The first kappa shape index (κ1) is 13.7. The first-order valence-electron chi connectivity index (χ1n) is 4.43. The maximum absolute atomic E-state index is 9.35. The molecule has 1 aromatic rings. The summed E-state index contributed by atoms with van der Waals surface area (Å²) in [6.45, 7) is 0. The van der Waals surface area contributed by atoms with E-state index in [0.717, 1.165) is 0 Å². The van der Waals surface area contributed by atoms with Gasteiger partial charge < -0.3 is 10.4 Å². The van der Waals surface area contributed by atoms with Crippen molar-refractivity contribution in [3.05, 3.63) is 33.4 Å². The molecule has 0 aromatic heterocycles. The zero-order valence-corrected chi connectivity index (χ0v) is 10.2. The average Bonchev–Trinajstić information content (AvgIpc) is 2.35. The van der Waals surface area contributed by atoms with Gasteiger partial charge in [-0.3, -0.25) is 0 Å². The third kappa shape index (κ3) is 2.84. The fourth-order valence-corrected chi connectivity index (χ4v) is 1.55. The molecule has 0 spiro atoms. The Morgan fingerprint density at radius 3 is 1.94 bits per heavy atom. The minimum atomic E-state index is -0.363. The van der Waals surface area contributed by atoms with Crippen molar-refractivity contribution in [1.29, 1.82) is 15.8 Å². The van der Waals surface area contributed by atoms with Gasteiger partial charge in [-0.25, -0.2) is 0 Å². The van der Waals surface area contributed by atoms with Crippen LogP contribution in [-0.2, 0) is 0 Å². The molecule has 1 rings (SSSR count). The van der Waals surface area contributed by atoms with Crippen molar-refractivity contribution in [3.63, 3.8) is 0 Å². The van der Waals surface area contributed by atoms with Crippen LogP contribution in [-0.4, -0.2) is 5.11 Å². The summed E-state index contributed by atoms with van der Waals surface area (Å²) in [6.07, 6.45) is 0. The second-order valence-electron chi connectivity index (χ2n) is 3.00. The van der Waals surface area contributed by atoms with Crippen LogP contribution in [0.1, 0.15) is 0 Å². The van der Waals surface area contributed by atoms with Crippen LogP contribution in [0.5, 0.6) is 5.75 Å². The molecule has 0 saturated carbocycles. The molecule has 0 aliphatic heterocycles. The van der Waals surface area contributed by atoms with E-state index in [1.807, 2.05) is 0 Å². The van der Waals surface area contributed by atoms with Gasteiger partial charge in [-0.15, -0.1) is 0 Å². The van der Waals surface area contributed by atoms with Crippen molar-refractivity contribution >= 4 is 28.9 Å². The number of nitriles is 3. The van der Waals surface area contributed by atoms with E-state index in [0.29, 0.717) is 0 Å². The Morgan fingerprint density at radius 2 is 1.56 bits per heavy atom. The van der Waals surface area contributed by atoms with Gasteiger partial charge in [-0.05, 0) is 12.1 Å². The van der Waals surface area contributed by atoms with Crippen molar-refractivity contribution in [2.45, 2.75) is 0 Å². The van der Waals surface area contributed by atoms with Crippen molar-refractivity contribution in [1.82, 2.24) is 0 Å². The quantitative estimate of drug-likeness (QED) is 0.639. The van der Waals surface area contributed by atoms with Crippen LogP contribution in [0.3, 0.4) is 0 Å². The SMILES string of the molecule is N#CC(C#N)=C(C#N)Nc1cc(Cl)c(O)c(Cl)c1. The lowest BCUT2D eigenvalue weighted by Gasteiger charge is -2.07. The van der Waals surface area contributed by atoms with Crippen LogP contribution in [0.15, 0.2) is 23.4 Å². The van der Waals surface area contributed by atoms with E-state index < -0.39 is 0 Å². The fraction of sp³-hybridized carbons (Fsp3) is 0. The van der Waals surface area contributed by atoms with Gasteiger partial charge in [0.05, 0.1) is 10.0 Å². The van der Waals surface area contributed by atoms with Crippen LogP contribution in [0.4, 0.5) is 5.69 Å². The molecule has 0 aliphatic rings. The van der Waals surface area contributed by atoms with Crippen LogP contribution >= 0.6 is 23.2 Å². The molecule has 7 heteroatoms. The van der Waals surface area contributed by atoms with Gasteiger partial charge in [0.15, 0.2) is 11.3 Å². The largest absolute Gasteiger partial charge is 0.505 e. The molecule has 0 amide bonds. The molecule has 0 fully saturated rings. The number of anilines is 1. The van der Waals surface area contributed by atoms with E-state index in [2.05, 4.69) is 5.32 Å². The third-order valence-corrected chi connectivity index (χ3v) is 2.45. The van der Waals surface area contributed by atoms with E-state index in [-0.39, 0.29) is 32.8 Å². The highest BCUT2D eigenvalue weighted by Gasteiger charge is 2.10. The van der Waals surface area contributed by atoms with Crippen molar-refractivity contribution in [3.8, 4) is 24.0 Å². The second-order valence-corrected chi connectivity index (χ2v) is 3.81. The molecule has 88 valence electrons. The number of benzene rings is 1. The van der Waals surface area contributed by atoms with E-state index in [9.17, 15) is 5.11 Å². The molecule has 0 aliphatic carbocycles. The topological polar surface area (TPSA) is 104 Å². The zero-order valence-electron chi connectivity index (χ0n) is 8.70. The van der Waals surface area contributed by atoms with Crippen LogP contribution in [0, 0.1) is 34.0 Å². The maximum atomic E-state index is 9.35. The number of hydrogen-bond donors (Lipinski definition) is 2. The number of nitrogens with one attached hydrogen (secondary N) is 1. The molecule has 0 unspecified atom stereocenters. The molecule has 1 aromatic carbocycles. The number of halogens is 2. The normalized spacial score (nSPS) is 8.61. The Hall–Kier alpha value is -2.39. The van der Waals surface area contributed by atoms with E-state index in [1.165, 1.54) is 12.1 Å². The highest BCUT2D eigenvalue weighted by atomic mass is 35.5. The summed E-state index contributed by atoms with van der Waals surface area (Å²) in [4.78, 5) is 0. The molecule has 18 heavy (non-hydrogen) atoms. The molecule has 5 nitrogen and oxygen atoms in total. The Morgan fingerprint density at radius 1 is 1.06 bits per heavy atom. The number of allylic oxidation sites excluding steroid dienone is 2. The van der Waals surface area contributed by atoms with Crippen LogP contribution in [0.25, 0.3) is 0 Å². The first-order valence-corrected chi connectivity index (χ1v) is 5.18. The molecule has 0 saturated heterocycles. The monoisotopic (exact) mass is 278 g/mol. The number of aromatic hydroxyl groups is 1. The highest BCUT2D eigenvalue weighted by molar-refractivity contribution is 6.37. The number of rotatable bonds is 2. The summed E-state index contributed by atoms with van der Waals surface area (Å²) < 4.78 is 0. The summed E-state index contributed by atoms with van der Waals surface area (Å²) >= 11 is 11.4. The van der Waals surface area contributed by atoms with Gasteiger partial charge in [0.25, 0.3) is 0 Å². The van der Waals surface area contributed by atoms with E-state index in [4.69, 9.17) is 39.0 Å². The Kier molecular flexibility index (Phi) is 4.40. The number of nitrogens with zero attached hydrogens (tertiary/aromatic N) is 3. The van der Waals surface area contributed by atoms with Gasteiger partial charge in [-0.2, -0.15) is 15.8 Å². The zero-order chi connectivity index (χ0) is 13.7. The lowest BCUT2D eigenvalue weighted by Crippen LogP contribution is -2.00. The minimum absolute atomic E-state index is 0.0160. The Bertz CT molecular complexity index is 607. The average molecular weight is 279 g/mol. The molecule has 0 heterocycles. The highest BCUT2D eigenvalue weighted by Crippen LogP contribution is 2.35. The van der Waals surface area contributed by atoms with Gasteiger partial charge in [0.2, 0.25) is 0 Å². The van der Waals surface area contributed by atoms with E-state index in [1.54, 1.807) is 18.2 Å². The van der Waals surface area contributed by atoms with Crippen LogP contribution < -0.4 is 5.32 Å². The van der Waals surface area contributed by atoms with Crippen LogP contribution in [0.2, 0.25) is 10.0 Å². The molecule has 0 bridgehead atoms. The summed E-state index contributed by atoms with van der Waals surface area (Å²) in [6, 6.07) is 7.47. The molecular formula is C11H4Cl2N4O. The lowest BCUT2D eigenvalue weighted by molar-refractivity contribution is 0.476. The second kappa shape index (κ2) is 5.80. The van der Waals surface area contributed by atoms with Gasteiger partial charge in [-0.1, -0.05) is 23.2 Å². The number of phenolic OH excluding ortho intramolecular Hbond substituents is 1. The third-order valence-electron chi connectivity index (χ3n) is 1.87. The Labute approximate surface area is 113 Å². The summed E-state index contributed by atoms with van der Waals surface area (Å²) in [5, 5.41) is 38.0. The molecule has 0 radical (unpaired) electrons. The fourth-order valence-electron chi connectivity index (χ4n) is 1.07. The smallest absolute Gasteiger partial charge is 0.163 e. The van der Waals surface area contributed by atoms with Gasteiger partial charge >= 0.3 is 0 Å². The summed E-state index contributed by atoms with van der Waals surface area (Å²) in [5.41, 5.74) is -0.307. The minimum Gasteiger partial charge on any atom is -0.505 e. The number of hydrogen-bond acceptors (Lipinski definition) is 5. The summed E-state index contributed by atoms with van der Waals surface area (Å²) in [7, 11) is 0. The predicted molar refractivity (Wildman–Crippen MR) is 65.6 cm³/mol. The van der Waals surface area contributed by atoms with Crippen molar-refractivity contribution < 1.29 is 5.11 Å². The standard InChI is InChI=1S/C11H4Cl2N4O/c12-8-1-7(2-9(13)11(8)18)17-10(5-16)6(3-14)4-15/h1-2,17-18H. The molecular weight excluding hydrogens is 275 g/mol. The Balaban J connectivity index is 3.22. The first-order chi connectivity index (χ1) is 8.53. The predicted octanol–water partition coefficient (Wildman–Crippen LogP) is 2.94. The molecule has 0 atom stereocenters.